The first-order valence-electron chi connectivity index (χ1n) is 8.51. The van der Waals surface area contributed by atoms with Gasteiger partial charge in [-0.15, -0.1) is 0 Å². The Kier molecular flexibility index (Phi) is 4.65. The zero-order valence-electron chi connectivity index (χ0n) is 14.0. The highest BCUT2D eigenvalue weighted by atomic mass is 35.5. The van der Waals surface area contributed by atoms with Crippen molar-refractivity contribution in [1.82, 2.24) is 9.88 Å². The fraction of sp³-hybridized carbons (Fsp3) is 0.250. The van der Waals surface area contributed by atoms with E-state index in [2.05, 4.69) is 4.98 Å². The summed E-state index contributed by atoms with van der Waals surface area (Å²) in [6.45, 7) is 0.448. The maximum atomic E-state index is 12.8. The Morgan fingerprint density at radius 3 is 2.62 bits per heavy atom. The van der Waals surface area contributed by atoms with Crippen molar-refractivity contribution in [2.24, 2.45) is 0 Å². The van der Waals surface area contributed by atoms with Gasteiger partial charge in [-0.05, 0) is 47.9 Å². The van der Waals surface area contributed by atoms with Gasteiger partial charge in [0.25, 0.3) is 0 Å². The van der Waals surface area contributed by atoms with Crippen LogP contribution in [0.3, 0.4) is 0 Å². The molecule has 1 atom stereocenters. The molecular weight excluding hydrogens is 371 g/mol. The van der Waals surface area contributed by atoms with Gasteiger partial charge in [-0.25, -0.2) is 0 Å². The number of aromatic nitrogens is 1. The molecule has 1 aromatic heterocycles. The number of H-pyrrole nitrogens is 1. The summed E-state index contributed by atoms with van der Waals surface area (Å²) in [7, 11) is 0. The molecule has 1 amide bonds. The van der Waals surface area contributed by atoms with E-state index < -0.39 is 0 Å². The smallest absolute Gasteiger partial charge is 0.227 e. The van der Waals surface area contributed by atoms with Gasteiger partial charge in [-0.2, -0.15) is 0 Å². The minimum Gasteiger partial charge on any atom is -0.394 e. The summed E-state index contributed by atoms with van der Waals surface area (Å²) in [5.74, 6) is -0.00582. The minimum absolute atomic E-state index is 0.00582. The van der Waals surface area contributed by atoms with Crippen LogP contribution >= 0.6 is 23.2 Å². The van der Waals surface area contributed by atoms with Crippen LogP contribution in [0.1, 0.15) is 22.9 Å². The summed E-state index contributed by atoms with van der Waals surface area (Å²) in [5.41, 5.74) is 3.92. The summed E-state index contributed by atoms with van der Waals surface area (Å²) in [6, 6.07) is 12.6. The van der Waals surface area contributed by atoms with Crippen LogP contribution in [-0.2, 0) is 17.6 Å². The SMILES string of the molecule is O=C(Cc1ccc(Cl)cc1)N1CCc2c([nH]c3ccc(Cl)cc23)C1CO. The van der Waals surface area contributed by atoms with Crippen molar-refractivity contribution in [1.29, 1.82) is 0 Å². The van der Waals surface area contributed by atoms with Crippen LogP contribution in [0.15, 0.2) is 42.5 Å². The highest BCUT2D eigenvalue weighted by molar-refractivity contribution is 6.31. The average molecular weight is 389 g/mol. The molecule has 0 radical (unpaired) electrons. The Morgan fingerprint density at radius 2 is 1.88 bits per heavy atom. The van der Waals surface area contributed by atoms with E-state index >= 15 is 0 Å². The van der Waals surface area contributed by atoms with E-state index in [4.69, 9.17) is 23.2 Å². The van der Waals surface area contributed by atoms with Gasteiger partial charge in [0.15, 0.2) is 0 Å². The molecule has 0 spiro atoms. The lowest BCUT2D eigenvalue weighted by Gasteiger charge is -2.35. The van der Waals surface area contributed by atoms with E-state index in [0.717, 1.165) is 34.1 Å². The average Bonchev–Trinajstić information content (AvgIpc) is 3.00. The van der Waals surface area contributed by atoms with Crippen LogP contribution < -0.4 is 0 Å². The first-order chi connectivity index (χ1) is 12.6. The lowest BCUT2D eigenvalue weighted by Crippen LogP contribution is -2.42. The predicted octanol–water partition coefficient (Wildman–Crippen LogP) is 4.14. The van der Waals surface area contributed by atoms with E-state index in [0.29, 0.717) is 16.6 Å². The number of aromatic amines is 1. The number of benzene rings is 2. The first kappa shape index (κ1) is 17.4. The number of nitrogens with zero attached hydrogens (tertiary/aromatic N) is 1. The van der Waals surface area contributed by atoms with Crippen molar-refractivity contribution in [3.05, 3.63) is 69.3 Å². The summed E-state index contributed by atoms with van der Waals surface area (Å²) < 4.78 is 0. The van der Waals surface area contributed by atoms with Gasteiger partial charge >= 0.3 is 0 Å². The van der Waals surface area contributed by atoms with Crippen LogP contribution in [0, 0.1) is 0 Å². The fourth-order valence-corrected chi connectivity index (χ4v) is 4.00. The van der Waals surface area contributed by atoms with Crippen LogP contribution in [0.2, 0.25) is 10.0 Å². The molecule has 2 heterocycles. The normalized spacial score (nSPS) is 16.7. The van der Waals surface area contributed by atoms with E-state index in [1.54, 1.807) is 17.0 Å². The van der Waals surface area contributed by atoms with Crippen LogP contribution in [-0.4, -0.2) is 34.0 Å². The molecule has 0 saturated carbocycles. The van der Waals surface area contributed by atoms with Gasteiger partial charge < -0.3 is 15.0 Å². The Balaban J connectivity index is 1.64. The molecule has 1 aliphatic heterocycles. The van der Waals surface area contributed by atoms with Gasteiger partial charge in [-0.1, -0.05) is 35.3 Å². The maximum Gasteiger partial charge on any atom is 0.227 e. The van der Waals surface area contributed by atoms with Crippen LogP contribution in [0.4, 0.5) is 0 Å². The monoisotopic (exact) mass is 388 g/mol. The Bertz CT molecular complexity index is 966. The van der Waals surface area contributed by atoms with Gasteiger partial charge in [0.2, 0.25) is 5.91 Å². The van der Waals surface area contributed by atoms with Gasteiger partial charge in [0.05, 0.1) is 19.1 Å². The number of aliphatic hydroxyl groups is 1. The zero-order valence-corrected chi connectivity index (χ0v) is 15.5. The number of carbonyl (C=O) groups is 1. The molecule has 0 aliphatic carbocycles. The number of hydrogen-bond donors (Lipinski definition) is 2. The Labute approximate surface area is 161 Å². The van der Waals surface area contributed by atoms with Crippen molar-refractivity contribution >= 4 is 40.0 Å². The summed E-state index contributed by atoms with van der Waals surface area (Å²) in [6.07, 6.45) is 1.02. The minimum atomic E-state index is -0.371. The highest BCUT2D eigenvalue weighted by Crippen LogP contribution is 2.35. The number of fused-ring (bicyclic) bond motifs is 3. The number of rotatable bonds is 3. The van der Waals surface area contributed by atoms with Crippen LogP contribution in [0.5, 0.6) is 0 Å². The molecule has 4 nitrogen and oxygen atoms in total. The molecule has 26 heavy (non-hydrogen) atoms. The van der Waals surface area contributed by atoms with Crippen molar-refractivity contribution in [3.63, 3.8) is 0 Å². The number of halogens is 2. The number of carbonyl (C=O) groups excluding carboxylic acids is 1. The number of amides is 1. The summed E-state index contributed by atoms with van der Waals surface area (Å²) in [4.78, 5) is 18.0. The molecule has 2 aromatic carbocycles. The molecule has 6 heteroatoms. The quantitative estimate of drug-likeness (QED) is 0.708. The third-order valence-corrected chi connectivity index (χ3v) is 5.46. The van der Waals surface area contributed by atoms with Gasteiger partial charge in [0.1, 0.15) is 0 Å². The second kappa shape index (κ2) is 6.95. The molecule has 1 aliphatic rings. The molecule has 0 bridgehead atoms. The molecular formula is C20H18Cl2N2O2. The Hall–Kier alpha value is -2.01. The lowest BCUT2D eigenvalue weighted by atomic mass is 9.97. The third kappa shape index (κ3) is 3.09. The molecule has 2 N–H and O–H groups in total. The van der Waals surface area contributed by atoms with Crippen molar-refractivity contribution in [3.8, 4) is 0 Å². The lowest BCUT2D eigenvalue weighted by molar-refractivity contribution is -0.134. The number of nitrogens with one attached hydrogen (secondary N) is 1. The number of aliphatic hydroxyl groups excluding tert-OH is 1. The van der Waals surface area contributed by atoms with Crippen molar-refractivity contribution < 1.29 is 9.90 Å². The van der Waals surface area contributed by atoms with Gasteiger partial charge in [0, 0.05) is 33.2 Å². The molecule has 134 valence electrons. The van der Waals surface area contributed by atoms with E-state index in [1.165, 1.54) is 0 Å². The van der Waals surface area contributed by atoms with E-state index in [-0.39, 0.29) is 25.0 Å². The molecule has 3 aromatic rings. The highest BCUT2D eigenvalue weighted by Gasteiger charge is 2.32. The largest absolute Gasteiger partial charge is 0.394 e. The molecule has 0 saturated heterocycles. The standard InChI is InChI=1S/C20H18Cl2N2O2/c21-13-3-1-12(2-4-13)9-19(26)24-8-7-15-16-10-14(22)5-6-17(16)23-20(15)18(24)11-25/h1-6,10,18,23,25H,7-9,11H2. The second-order valence-corrected chi connectivity index (χ2v) is 7.42. The third-order valence-electron chi connectivity index (χ3n) is 4.98. The van der Waals surface area contributed by atoms with Gasteiger partial charge in [-0.3, -0.25) is 4.79 Å². The molecule has 4 rings (SSSR count). The topological polar surface area (TPSA) is 56.3 Å². The van der Waals surface area contributed by atoms with E-state index in [9.17, 15) is 9.90 Å². The Morgan fingerprint density at radius 1 is 1.15 bits per heavy atom. The first-order valence-corrected chi connectivity index (χ1v) is 9.27. The molecule has 1 unspecified atom stereocenters. The van der Waals surface area contributed by atoms with Crippen molar-refractivity contribution in [2.75, 3.05) is 13.2 Å². The van der Waals surface area contributed by atoms with Crippen LogP contribution in [0.25, 0.3) is 10.9 Å². The number of hydrogen-bond acceptors (Lipinski definition) is 2. The van der Waals surface area contributed by atoms with E-state index in [1.807, 2.05) is 30.3 Å². The second-order valence-electron chi connectivity index (χ2n) is 6.55. The summed E-state index contributed by atoms with van der Waals surface area (Å²) >= 11 is 12.0. The maximum absolute atomic E-state index is 12.8. The van der Waals surface area contributed by atoms with Crippen molar-refractivity contribution in [2.45, 2.75) is 18.9 Å². The predicted molar refractivity (Wildman–Crippen MR) is 104 cm³/mol. The summed E-state index contributed by atoms with van der Waals surface area (Å²) in [5, 5.41) is 12.4. The molecule has 0 fully saturated rings. The zero-order chi connectivity index (χ0) is 18.3. The fourth-order valence-electron chi connectivity index (χ4n) is 3.71.